The molecule has 5 aliphatic heterocycles. The monoisotopic (exact) mass is 1790 g/mol. The molecule has 5 fully saturated rings. The lowest BCUT2D eigenvalue weighted by Gasteiger charge is -2.48. The Morgan fingerprint density at radius 1 is 0.483 bits per heavy atom. The highest BCUT2D eigenvalue weighted by Gasteiger charge is 2.52. The van der Waals surface area contributed by atoms with Crippen LogP contribution in [0.4, 0.5) is 21.2 Å². The van der Waals surface area contributed by atoms with E-state index in [1.807, 2.05) is 134 Å². The van der Waals surface area contributed by atoms with Crippen LogP contribution in [0.15, 0.2) is 122 Å². The maximum atomic E-state index is 13.5. The average Bonchev–Trinajstić information content (AvgIpc) is 1.61. The molecule has 11 heterocycles. The maximum absolute atomic E-state index is 13.5. The van der Waals surface area contributed by atoms with E-state index in [0.29, 0.717) is 40.1 Å². The predicted octanol–water partition coefficient (Wildman–Crippen LogP) is 20.8. The lowest BCUT2D eigenvalue weighted by atomic mass is 9.77. The molecule has 28 heteroatoms. The summed E-state index contributed by atoms with van der Waals surface area (Å²) >= 11 is 2.33. The van der Waals surface area contributed by atoms with Crippen molar-refractivity contribution in [1.82, 2.24) is 49.0 Å². The second-order valence-corrected chi connectivity index (χ2v) is 64.5. The van der Waals surface area contributed by atoms with Crippen molar-refractivity contribution in [3.05, 3.63) is 137 Å². The van der Waals surface area contributed by atoms with Gasteiger partial charge >= 0.3 is 19.3 Å². The number of anilines is 2. The molecule has 2 amide bonds. The lowest BCUT2D eigenvalue weighted by Crippen LogP contribution is -2.55. The Hall–Kier alpha value is -6.46. The van der Waals surface area contributed by atoms with Gasteiger partial charge in [0.25, 0.3) is 0 Å². The van der Waals surface area contributed by atoms with Crippen LogP contribution in [0.1, 0.15) is 157 Å². The number of rotatable bonds is 28. The summed E-state index contributed by atoms with van der Waals surface area (Å²) in [5.74, 6) is 2.27. The fraction of sp³-hybridized carbons (Fsp3) is 0.600. The number of carbonyl (C=O) groups excluding carboxylic acids is 2. The van der Waals surface area contributed by atoms with Crippen molar-refractivity contribution >= 4 is 103 Å². The van der Waals surface area contributed by atoms with Gasteiger partial charge in [0, 0.05) is 158 Å². The van der Waals surface area contributed by atoms with Crippen molar-refractivity contribution in [2.75, 3.05) is 63.2 Å². The molecule has 4 atom stereocenters. The number of fused-ring (bicyclic) bond motifs is 6. The summed E-state index contributed by atoms with van der Waals surface area (Å²) in [6.45, 7) is 52.9. The van der Waals surface area contributed by atoms with Gasteiger partial charge in [0.1, 0.15) is 49.8 Å². The molecule has 5 aliphatic rings. The Balaban J connectivity index is 0.000000189. The summed E-state index contributed by atoms with van der Waals surface area (Å²) in [4.78, 5) is 55.1. The average molecular weight is 1800 g/mol. The summed E-state index contributed by atoms with van der Waals surface area (Å²) in [7, 11) is -5.32. The number of aromatic nitrogens is 8. The fourth-order valence-electron chi connectivity index (χ4n) is 15.6. The Morgan fingerprint density at radius 2 is 0.847 bits per heavy atom. The number of hydrogen-bond donors (Lipinski definition) is 0. The van der Waals surface area contributed by atoms with E-state index in [-0.39, 0.29) is 66.5 Å². The minimum absolute atomic E-state index is 0.115. The van der Waals surface area contributed by atoms with Crippen LogP contribution in [0.25, 0.3) is 44.9 Å². The SMILES string of the molecule is CC(C)(C)OC(=O)N1C2CCCC1CC(c1cc(N(COCC[Si](C)(C)C)COCC[Si](C)(C)C)n3ncc(-c4ccc(-c5ccccc5)nc4)c3n1)C2.CC(C)(C)OC(=O)N1C2CCCC1CC(c1cc(N(COCC[Si](C)(C)C)COCC[Si](C)(C)C)n3ncc(I)c3n1)C2.CC1(C)OB(c2ccc(-c3ccccc3)nc2)OC1(C)C. The second kappa shape index (κ2) is 38.9. The number of hydrogen-bond acceptors (Lipinski definition) is 18. The third-order valence-corrected chi connectivity index (χ3v) is 30.6. The minimum atomic E-state index is -1.28. The lowest BCUT2D eigenvalue weighted by molar-refractivity contribution is -0.0228. The zero-order valence-corrected chi connectivity index (χ0v) is 81.1. The van der Waals surface area contributed by atoms with Crippen molar-refractivity contribution in [1.29, 1.82) is 0 Å². The second-order valence-electron chi connectivity index (χ2n) is 40.9. The van der Waals surface area contributed by atoms with Crippen LogP contribution < -0.4 is 15.3 Å². The zero-order valence-electron chi connectivity index (χ0n) is 75.0. The van der Waals surface area contributed by atoms with Crippen LogP contribution >= 0.6 is 22.6 Å². The highest BCUT2D eigenvalue weighted by atomic mass is 127. The van der Waals surface area contributed by atoms with Crippen LogP contribution in [0, 0.1) is 3.57 Å². The predicted molar refractivity (Wildman–Crippen MR) is 497 cm³/mol. The first-order chi connectivity index (χ1) is 55.4. The van der Waals surface area contributed by atoms with Gasteiger partial charge in [-0.2, -0.15) is 19.2 Å². The highest BCUT2D eigenvalue weighted by molar-refractivity contribution is 14.1. The first-order valence-electron chi connectivity index (χ1n) is 43.1. The molecule has 0 aliphatic carbocycles. The topological polar surface area (TPSA) is 207 Å². The van der Waals surface area contributed by atoms with Crippen LogP contribution in [0.5, 0.6) is 0 Å². The zero-order chi connectivity index (χ0) is 85.3. The molecule has 13 rings (SSSR count). The van der Waals surface area contributed by atoms with Crippen molar-refractivity contribution in [2.24, 2.45) is 0 Å². The third kappa shape index (κ3) is 25.6. The summed E-state index contributed by atoms with van der Waals surface area (Å²) in [6.07, 6.45) is 16.9. The number of ether oxygens (including phenoxy) is 6. The van der Waals surface area contributed by atoms with Gasteiger partial charge < -0.3 is 57.3 Å². The number of benzene rings is 2. The van der Waals surface area contributed by atoms with Crippen LogP contribution in [0.3, 0.4) is 0 Å². The van der Waals surface area contributed by atoms with E-state index in [9.17, 15) is 9.59 Å². The van der Waals surface area contributed by atoms with Gasteiger partial charge in [0.05, 0.1) is 38.6 Å². The molecule has 4 unspecified atom stereocenters. The molecule has 642 valence electrons. The van der Waals surface area contributed by atoms with Gasteiger partial charge in [0.15, 0.2) is 11.3 Å². The van der Waals surface area contributed by atoms with Gasteiger partial charge in [-0.25, -0.2) is 19.6 Å². The van der Waals surface area contributed by atoms with Gasteiger partial charge in [-0.05, 0) is 192 Å². The van der Waals surface area contributed by atoms with Gasteiger partial charge in [0.2, 0.25) is 0 Å². The number of piperidine rings is 4. The first kappa shape index (κ1) is 92.3. The molecule has 8 aromatic rings. The van der Waals surface area contributed by atoms with Crippen molar-refractivity contribution in [3.8, 4) is 33.6 Å². The molecule has 118 heavy (non-hydrogen) atoms. The van der Waals surface area contributed by atoms with E-state index in [1.165, 1.54) is 0 Å². The van der Waals surface area contributed by atoms with E-state index >= 15 is 0 Å². The van der Waals surface area contributed by atoms with Gasteiger partial charge in [-0.15, -0.1) is 0 Å². The summed E-state index contributed by atoms with van der Waals surface area (Å²) in [5, 5.41) is 9.69. The number of halogens is 1. The van der Waals surface area contributed by atoms with Crippen molar-refractivity contribution in [3.63, 3.8) is 0 Å². The molecule has 4 bridgehead atoms. The van der Waals surface area contributed by atoms with E-state index in [0.717, 1.165) is 179 Å². The molecule has 2 aromatic carbocycles. The fourth-order valence-corrected chi connectivity index (χ4v) is 19.1. The Labute approximate surface area is 722 Å². The molecule has 0 spiro atoms. The molecule has 0 radical (unpaired) electrons. The number of nitrogens with zero attached hydrogens (tertiary/aromatic N) is 12. The summed E-state index contributed by atoms with van der Waals surface area (Å²) < 4.78 is 54.1. The van der Waals surface area contributed by atoms with E-state index < -0.39 is 43.5 Å². The summed E-state index contributed by atoms with van der Waals surface area (Å²) in [6, 6.07) is 38.0. The van der Waals surface area contributed by atoms with E-state index in [2.05, 4.69) is 192 Å². The quantitative estimate of drug-likeness (QED) is 0.0193. The molecular weight excluding hydrogens is 1660 g/mol. The molecule has 22 nitrogen and oxygen atoms in total. The largest absolute Gasteiger partial charge is 0.496 e. The molecule has 5 saturated heterocycles. The molecular formula is C90H136BIN12O10Si4. The standard InChI is InChI=1S/C42H62N6O4Si2.C31H54IN5O4Si2.C17H20BNO2/c1-42(2,3)52-41(49)47-34-16-13-17-35(47)25-33(24-34)38-26-39(46(29-50-20-22-53(4,5)6)30-51-21-23-54(7,8)9)48-40(45-38)36(28-44-48)32-18-19-37(43-27-32)31-14-11-10-12-15-31;1-31(2,3)41-30(38)36-24-11-10-12-25(36)18-23(17-24)27-19-28(37-29(34-27)26(32)20-33-37)35(21-39-13-15-42(4,5)6)22-40-14-16-43(7,8)9;1-16(2)17(3,4)21-18(20-16)14-10-11-15(19-12-14)13-8-6-5-7-9-13/h10-12,14-15,18-19,26-28,33-35H,13,16-17,20-25,29-30H2,1-9H3;19-20,23-25H,10-18,21-22H2,1-9H3;5-12H,1-4H3. The Kier molecular flexibility index (Phi) is 30.5. The van der Waals surface area contributed by atoms with Crippen LogP contribution in [-0.2, 0) is 37.7 Å². The smallest absolute Gasteiger partial charge is 0.444 e. The maximum Gasteiger partial charge on any atom is 0.496 e. The minimum Gasteiger partial charge on any atom is -0.444 e. The van der Waals surface area contributed by atoms with E-state index in [1.54, 1.807) is 0 Å². The molecule has 0 saturated carbocycles. The number of pyridine rings is 2. The van der Waals surface area contributed by atoms with Crippen LogP contribution in [0.2, 0.25) is 103 Å². The number of amides is 2. The van der Waals surface area contributed by atoms with Crippen molar-refractivity contribution < 1.29 is 47.3 Å². The van der Waals surface area contributed by atoms with Gasteiger partial charge in [-0.1, -0.05) is 151 Å². The van der Waals surface area contributed by atoms with Crippen LogP contribution in [-0.4, -0.2) is 200 Å². The Bertz CT molecular complexity index is 4500. The highest BCUT2D eigenvalue weighted by Crippen LogP contribution is 2.46. The Morgan fingerprint density at radius 3 is 1.20 bits per heavy atom. The molecule has 6 aromatic heterocycles. The first-order valence-corrected chi connectivity index (χ1v) is 59.0. The third-order valence-electron chi connectivity index (χ3n) is 23.0. The normalized spacial score (nSPS) is 20.1. The molecule has 0 N–H and O–H groups in total. The number of carbonyl (C=O) groups is 2. The van der Waals surface area contributed by atoms with Crippen molar-refractivity contribution in [2.45, 2.75) is 295 Å². The van der Waals surface area contributed by atoms with E-state index in [4.69, 9.17) is 62.9 Å². The summed E-state index contributed by atoms with van der Waals surface area (Å²) in [5.41, 5.74) is 8.95. The van der Waals surface area contributed by atoms with Gasteiger partial charge in [-0.3, -0.25) is 9.97 Å².